The van der Waals surface area contributed by atoms with E-state index in [-0.39, 0.29) is 12.1 Å². The van der Waals surface area contributed by atoms with Gasteiger partial charge in [0.05, 0.1) is 11.7 Å². The normalized spacial score (nSPS) is 12.5. The van der Waals surface area contributed by atoms with Crippen molar-refractivity contribution in [2.75, 3.05) is 5.32 Å². The van der Waals surface area contributed by atoms with Crippen molar-refractivity contribution in [2.45, 2.75) is 39.0 Å². The summed E-state index contributed by atoms with van der Waals surface area (Å²) in [5, 5.41) is 3.24. The molecule has 4 heteroatoms. The van der Waals surface area contributed by atoms with Crippen molar-refractivity contribution in [1.82, 2.24) is 0 Å². The summed E-state index contributed by atoms with van der Waals surface area (Å²) in [5.41, 5.74) is 8.23. The molecular weight excluding hydrogens is 288 g/mol. The van der Waals surface area contributed by atoms with Crippen LogP contribution < -0.4 is 11.1 Å². The first-order chi connectivity index (χ1) is 10.8. The van der Waals surface area contributed by atoms with E-state index in [1.54, 1.807) is 12.1 Å². The highest BCUT2D eigenvalue weighted by atomic mass is 16.6. The van der Waals surface area contributed by atoms with Crippen LogP contribution in [0.3, 0.4) is 0 Å². The molecule has 0 aliphatic rings. The number of carbonyl (C=O) groups is 1. The molecule has 1 unspecified atom stereocenters. The van der Waals surface area contributed by atoms with Crippen LogP contribution in [0.2, 0.25) is 0 Å². The van der Waals surface area contributed by atoms with E-state index in [0.29, 0.717) is 12.0 Å². The van der Waals surface area contributed by atoms with E-state index in [1.807, 2.05) is 63.2 Å². The van der Waals surface area contributed by atoms with Gasteiger partial charge in [0.1, 0.15) is 5.60 Å². The quantitative estimate of drug-likeness (QED) is 0.654. The summed E-state index contributed by atoms with van der Waals surface area (Å²) in [4.78, 5) is 12.0. The molecule has 4 nitrogen and oxygen atoms in total. The fourth-order valence-electron chi connectivity index (χ4n) is 2.17. The molecule has 0 heterocycles. The van der Waals surface area contributed by atoms with Crippen molar-refractivity contribution < 1.29 is 9.53 Å². The molecule has 0 aliphatic heterocycles. The Labute approximate surface area is 137 Å². The van der Waals surface area contributed by atoms with Crippen LogP contribution in [0.5, 0.6) is 0 Å². The third kappa shape index (κ3) is 5.75. The molecule has 3 N–H and O–H groups in total. The van der Waals surface area contributed by atoms with Gasteiger partial charge in [0, 0.05) is 12.1 Å². The largest absolute Gasteiger partial charge is 0.456 e. The minimum absolute atomic E-state index is 0.190. The van der Waals surface area contributed by atoms with Crippen molar-refractivity contribution >= 4 is 11.7 Å². The highest BCUT2D eigenvalue weighted by Crippen LogP contribution is 2.14. The number of ether oxygens (including phenoxy) is 1. The summed E-state index contributed by atoms with van der Waals surface area (Å²) in [6, 6.07) is 17.2. The van der Waals surface area contributed by atoms with Gasteiger partial charge in [-0.1, -0.05) is 30.3 Å². The average molecular weight is 312 g/mol. The summed E-state index contributed by atoms with van der Waals surface area (Å²) >= 11 is 0. The Morgan fingerprint density at radius 2 is 1.70 bits per heavy atom. The van der Waals surface area contributed by atoms with Crippen LogP contribution in [0.25, 0.3) is 0 Å². The van der Waals surface area contributed by atoms with Gasteiger partial charge in [-0.2, -0.15) is 0 Å². The van der Waals surface area contributed by atoms with Crippen LogP contribution in [0.15, 0.2) is 54.6 Å². The number of carbonyl (C=O) groups excluding carboxylic acids is 1. The molecule has 0 saturated heterocycles. The molecule has 2 aromatic rings. The van der Waals surface area contributed by atoms with Gasteiger partial charge in [-0.25, -0.2) is 4.79 Å². The zero-order chi connectivity index (χ0) is 16.9. The van der Waals surface area contributed by atoms with Gasteiger partial charge in [0.15, 0.2) is 0 Å². The lowest BCUT2D eigenvalue weighted by Gasteiger charge is -2.19. The first-order valence-electron chi connectivity index (χ1n) is 7.73. The van der Waals surface area contributed by atoms with Crippen molar-refractivity contribution in [3.63, 3.8) is 0 Å². The fraction of sp³-hybridized carbons (Fsp3) is 0.316. The number of benzene rings is 2. The molecule has 0 amide bonds. The lowest BCUT2D eigenvalue weighted by molar-refractivity contribution is 0.00695. The summed E-state index contributed by atoms with van der Waals surface area (Å²) in [5.74, 6) is -0.309. The fourth-order valence-corrected chi connectivity index (χ4v) is 2.17. The topological polar surface area (TPSA) is 64.3 Å². The monoisotopic (exact) mass is 312 g/mol. The second-order valence-corrected chi connectivity index (χ2v) is 6.52. The molecule has 0 bridgehead atoms. The molecule has 122 valence electrons. The summed E-state index contributed by atoms with van der Waals surface area (Å²) < 4.78 is 5.35. The number of anilines is 1. The van der Waals surface area contributed by atoms with Crippen LogP contribution in [-0.4, -0.2) is 17.7 Å². The molecule has 1 atom stereocenters. The first kappa shape index (κ1) is 17.0. The van der Waals surface area contributed by atoms with E-state index < -0.39 is 5.60 Å². The third-order valence-electron chi connectivity index (χ3n) is 3.17. The van der Waals surface area contributed by atoms with Crippen LogP contribution in [0.4, 0.5) is 5.69 Å². The lowest BCUT2D eigenvalue weighted by Crippen LogP contribution is -2.31. The molecule has 23 heavy (non-hydrogen) atoms. The van der Waals surface area contributed by atoms with Gasteiger partial charge >= 0.3 is 5.97 Å². The van der Waals surface area contributed by atoms with E-state index in [1.165, 1.54) is 0 Å². The molecule has 0 radical (unpaired) electrons. The zero-order valence-electron chi connectivity index (χ0n) is 13.9. The summed E-state index contributed by atoms with van der Waals surface area (Å²) in [6.45, 7) is 5.56. The van der Waals surface area contributed by atoms with Gasteiger partial charge in [0.2, 0.25) is 0 Å². The minimum Gasteiger partial charge on any atom is -0.456 e. The number of nitrogens with one attached hydrogen (secondary N) is 1. The predicted octanol–water partition coefficient (Wildman–Crippen LogP) is 3.58. The van der Waals surface area contributed by atoms with Crippen LogP contribution >= 0.6 is 0 Å². The Kier molecular flexibility index (Phi) is 5.40. The Morgan fingerprint density at radius 3 is 2.26 bits per heavy atom. The van der Waals surface area contributed by atoms with Gasteiger partial charge in [-0.05, 0) is 50.6 Å². The highest BCUT2D eigenvalue weighted by Gasteiger charge is 2.17. The number of hydrogen-bond donors (Lipinski definition) is 2. The second-order valence-electron chi connectivity index (χ2n) is 6.52. The van der Waals surface area contributed by atoms with E-state index in [4.69, 9.17) is 10.5 Å². The van der Waals surface area contributed by atoms with Gasteiger partial charge in [-0.15, -0.1) is 0 Å². The zero-order valence-corrected chi connectivity index (χ0v) is 13.9. The molecule has 0 aromatic heterocycles. The number of hydrogen-bond acceptors (Lipinski definition) is 4. The Hall–Kier alpha value is -2.33. The van der Waals surface area contributed by atoms with Gasteiger partial charge in [-0.3, -0.25) is 0 Å². The summed E-state index contributed by atoms with van der Waals surface area (Å²) in [6.07, 6.45) is 0.480. The molecule has 0 aliphatic carbocycles. The van der Waals surface area contributed by atoms with E-state index in [0.717, 1.165) is 11.3 Å². The number of para-hydroxylation sites is 1. The van der Waals surface area contributed by atoms with Crippen LogP contribution in [0.1, 0.15) is 36.7 Å². The standard InChI is InChI=1S/C19H24N2O2/c1-19(2,3)23-18(22)15-11-9-14(10-12-15)13-17(20)21-16-7-5-4-6-8-16/h4-12,17,21H,13,20H2,1-3H3. The van der Waals surface area contributed by atoms with Gasteiger partial charge < -0.3 is 15.8 Å². The maximum Gasteiger partial charge on any atom is 0.338 e. The number of rotatable bonds is 5. The number of nitrogens with two attached hydrogens (primary N) is 1. The SMILES string of the molecule is CC(C)(C)OC(=O)c1ccc(CC(N)Nc2ccccc2)cc1. The average Bonchev–Trinajstić information content (AvgIpc) is 2.47. The molecule has 0 saturated carbocycles. The Bertz CT molecular complexity index is 631. The maximum atomic E-state index is 12.0. The third-order valence-corrected chi connectivity index (χ3v) is 3.17. The second kappa shape index (κ2) is 7.29. The van der Waals surface area contributed by atoms with E-state index >= 15 is 0 Å². The Balaban J connectivity index is 1.93. The predicted molar refractivity (Wildman–Crippen MR) is 93.4 cm³/mol. The summed E-state index contributed by atoms with van der Waals surface area (Å²) in [7, 11) is 0. The van der Waals surface area contributed by atoms with Crippen molar-refractivity contribution in [1.29, 1.82) is 0 Å². The van der Waals surface area contributed by atoms with Crippen LogP contribution in [0, 0.1) is 0 Å². The van der Waals surface area contributed by atoms with E-state index in [2.05, 4.69) is 5.32 Å². The van der Waals surface area contributed by atoms with E-state index in [9.17, 15) is 4.79 Å². The molecule has 2 aromatic carbocycles. The molecule has 0 fully saturated rings. The van der Waals surface area contributed by atoms with Crippen molar-refractivity contribution in [2.24, 2.45) is 5.73 Å². The smallest absolute Gasteiger partial charge is 0.338 e. The minimum atomic E-state index is -0.488. The van der Waals surface area contributed by atoms with Crippen molar-refractivity contribution in [3.8, 4) is 0 Å². The number of esters is 1. The first-order valence-corrected chi connectivity index (χ1v) is 7.73. The molecule has 2 rings (SSSR count). The molecule has 0 spiro atoms. The highest BCUT2D eigenvalue weighted by molar-refractivity contribution is 5.89. The maximum absolute atomic E-state index is 12.0. The van der Waals surface area contributed by atoms with Gasteiger partial charge in [0.25, 0.3) is 0 Å². The van der Waals surface area contributed by atoms with Crippen LogP contribution in [-0.2, 0) is 11.2 Å². The van der Waals surface area contributed by atoms with Crippen molar-refractivity contribution in [3.05, 3.63) is 65.7 Å². The Morgan fingerprint density at radius 1 is 1.09 bits per heavy atom. The molecular formula is C19H24N2O2. The lowest BCUT2D eigenvalue weighted by atomic mass is 10.1.